The molecule has 2 heterocycles. The second kappa shape index (κ2) is 7.06. The van der Waals surface area contributed by atoms with Crippen LogP contribution in [0.25, 0.3) is 22.4 Å². The number of rotatable bonds is 4. The number of aromatic nitrogens is 2. The molecule has 8 heteroatoms. The minimum atomic E-state index is -0.434. The minimum absolute atomic E-state index is 0.00877. The Kier molecular flexibility index (Phi) is 4.59. The molecule has 0 saturated heterocycles. The molecule has 2 aromatic carbocycles. The first-order valence-corrected chi connectivity index (χ1v) is 8.70. The molecule has 0 atom stereocenters. The largest absolute Gasteiger partial charge is 0.482 e. The second-order valence-electron chi connectivity index (χ2n) is 5.84. The number of hydrogen-bond acceptors (Lipinski definition) is 6. The van der Waals surface area contributed by atoms with Gasteiger partial charge in [-0.25, -0.2) is 4.79 Å². The van der Waals surface area contributed by atoms with E-state index in [4.69, 9.17) is 36.9 Å². The van der Waals surface area contributed by atoms with Gasteiger partial charge >= 0.3 is 5.63 Å². The monoisotopic (exact) mass is 402 g/mol. The Morgan fingerprint density at radius 1 is 1.15 bits per heavy atom. The normalized spacial score (nSPS) is 11.1. The fourth-order valence-electron chi connectivity index (χ4n) is 2.63. The molecule has 0 saturated carbocycles. The number of benzene rings is 2. The van der Waals surface area contributed by atoms with Crippen molar-refractivity contribution >= 4 is 34.2 Å². The predicted molar refractivity (Wildman–Crippen MR) is 101 cm³/mol. The zero-order chi connectivity index (χ0) is 19.0. The Balaban J connectivity index is 1.57. The van der Waals surface area contributed by atoms with Crippen LogP contribution in [0.5, 0.6) is 5.75 Å². The number of hydrogen-bond donors (Lipinski definition) is 0. The van der Waals surface area contributed by atoms with Crippen molar-refractivity contribution in [3.8, 4) is 17.1 Å². The standard InChI is InChI=1S/C19H12Cl2N2O4/c1-10-5-18(24)26-15-8-16(14(21)7-13(10)15)25-9-17-22-19(23-27-17)11-3-2-4-12(20)6-11/h2-8H,9H2,1H3. The van der Waals surface area contributed by atoms with Crippen molar-refractivity contribution in [1.29, 1.82) is 0 Å². The van der Waals surface area contributed by atoms with Crippen LogP contribution >= 0.6 is 23.2 Å². The average molecular weight is 403 g/mol. The van der Waals surface area contributed by atoms with Crippen molar-refractivity contribution < 1.29 is 13.7 Å². The lowest BCUT2D eigenvalue weighted by Crippen LogP contribution is -2.00. The molecule has 0 spiro atoms. The molecular weight excluding hydrogens is 391 g/mol. The molecule has 0 radical (unpaired) electrons. The fraction of sp³-hybridized carbons (Fsp3) is 0.105. The molecule has 4 rings (SSSR count). The first-order valence-electron chi connectivity index (χ1n) is 7.95. The molecule has 0 N–H and O–H groups in total. The highest BCUT2D eigenvalue weighted by Crippen LogP contribution is 2.31. The van der Waals surface area contributed by atoms with Gasteiger partial charge in [-0.05, 0) is 30.7 Å². The van der Waals surface area contributed by atoms with Crippen LogP contribution in [-0.4, -0.2) is 10.1 Å². The van der Waals surface area contributed by atoms with Gasteiger partial charge in [0.05, 0.1) is 5.02 Å². The third-order valence-corrected chi connectivity index (χ3v) is 4.44. The smallest absolute Gasteiger partial charge is 0.336 e. The van der Waals surface area contributed by atoms with Crippen LogP contribution in [0.2, 0.25) is 10.0 Å². The zero-order valence-electron chi connectivity index (χ0n) is 14.0. The van der Waals surface area contributed by atoms with Crippen molar-refractivity contribution in [2.75, 3.05) is 0 Å². The van der Waals surface area contributed by atoms with Gasteiger partial charge in [0, 0.05) is 28.1 Å². The lowest BCUT2D eigenvalue weighted by molar-refractivity contribution is 0.243. The number of aryl methyl sites for hydroxylation is 1. The van der Waals surface area contributed by atoms with Gasteiger partial charge in [0.1, 0.15) is 11.3 Å². The molecule has 0 aliphatic rings. The molecular formula is C19H12Cl2N2O4. The first kappa shape index (κ1) is 17.6. The molecule has 2 aromatic heterocycles. The van der Waals surface area contributed by atoms with Gasteiger partial charge in [0.15, 0.2) is 6.61 Å². The molecule has 27 heavy (non-hydrogen) atoms. The lowest BCUT2D eigenvalue weighted by atomic mass is 10.1. The molecule has 0 amide bonds. The van der Waals surface area contributed by atoms with E-state index in [1.165, 1.54) is 6.07 Å². The summed E-state index contributed by atoms with van der Waals surface area (Å²) in [7, 11) is 0. The van der Waals surface area contributed by atoms with Crippen molar-refractivity contribution in [1.82, 2.24) is 10.1 Å². The third-order valence-electron chi connectivity index (χ3n) is 3.91. The van der Waals surface area contributed by atoms with Gasteiger partial charge in [-0.1, -0.05) is 40.5 Å². The highest BCUT2D eigenvalue weighted by Gasteiger charge is 2.13. The quantitative estimate of drug-likeness (QED) is 0.445. The van der Waals surface area contributed by atoms with E-state index in [0.29, 0.717) is 27.2 Å². The van der Waals surface area contributed by atoms with Gasteiger partial charge in [-0.3, -0.25) is 0 Å². The summed E-state index contributed by atoms with van der Waals surface area (Å²) in [6, 6.07) is 11.8. The second-order valence-corrected chi connectivity index (χ2v) is 6.68. The Morgan fingerprint density at radius 3 is 2.81 bits per heavy atom. The van der Waals surface area contributed by atoms with Crippen LogP contribution in [0.3, 0.4) is 0 Å². The lowest BCUT2D eigenvalue weighted by Gasteiger charge is -2.08. The highest BCUT2D eigenvalue weighted by atomic mass is 35.5. The summed E-state index contributed by atoms with van der Waals surface area (Å²) in [6.07, 6.45) is 0. The van der Waals surface area contributed by atoms with Gasteiger partial charge in [-0.2, -0.15) is 4.98 Å². The van der Waals surface area contributed by atoms with Crippen LogP contribution in [-0.2, 0) is 6.61 Å². The fourth-order valence-corrected chi connectivity index (χ4v) is 3.04. The van der Waals surface area contributed by atoms with E-state index in [0.717, 1.165) is 16.5 Å². The maximum atomic E-state index is 11.6. The van der Waals surface area contributed by atoms with Crippen LogP contribution in [0.15, 0.2) is 56.2 Å². The molecule has 0 bridgehead atoms. The summed E-state index contributed by atoms with van der Waals surface area (Å²) < 4.78 is 16.1. The predicted octanol–water partition coefficient (Wildman–Crippen LogP) is 5.04. The Hall–Kier alpha value is -2.83. The van der Waals surface area contributed by atoms with Crippen LogP contribution in [0.4, 0.5) is 0 Å². The zero-order valence-corrected chi connectivity index (χ0v) is 15.5. The van der Waals surface area contributed by atoms with E-state index in [9.17, 15) is 4.79 Å². The number of halogens is 2. The molecule has 136 valence electrons. The van der Waals surface area contributed by atoms with E-state index in [1.807, 2.05) is 13.0 Å². The molecule has 0 fully saturated rings. The average Bonchev–Trinajstić information content (AvgIpc) is 3.10. The van der Waals surface area contributed by atoms with Crippen molar-refractivity contribution in [2.24, 2.45) is 0 Å². The van der Waals surface area contributed by atoms with Crippen LogP contribution in [0, 0.1) is 6.92 Å². The number of fused-ring (bicyclic) bond motifs is 1. The number of nitrogens with zero attached hydrogens (tertiary/aromatic N) is 2. The van der Waals surface area contributed by atoms with Crippen LogP contribution < -0.4 is 10.4 Å². The molecule has 0 aliphatic heterocycles. The maximum absolute atomic E-state index is 11.6. The minimum Gasteiger partial charge on any atom is -0.482 e. The Bertz CT molecular complexity index is 1200. The summed E-state index contributed by atoms with van der Waals surface area (Å²) in [5.74, 6) is 1.02. The summed E-state index contributed by atoms with van der Waals surface area (Å²) >= 11 is 12.2. The van der Waals surface area contributed by atoms with Crippen molar-refractivity contribution in [3.05, 3.63) is 74.4 Å². The highest BCUT2D eigenvalue weighted by molar-refractivity contribution is 6.32. The summed E-state index contributed by atoms with van der Waals surface area (Å²) in [5, 5.41) is 5.62. The van der Waals surface area contributed by atoms with Crippen LogP contribution in [0.1, 0.15) is 11.5 Å². The van der Waals surface area contributed by atoms with Gasteiger partial charge < -0.3 is 13.7 Å². The third kappa shape index (κ3) is 3.67. The van der Waals surface area contributed by atoms with E-state index < -0.39 is 5.63 Å². The molecule has 0 aliphatic carbocycles. The first-order chi connectivity index (χ1) is 13.0. The Morgan fingerprint density at radius 2 is 2.00 bits per heavy atom. The topological polar surface area (TPSA) is 78.4 Å². The van der Waals surface area contributed by atoms with E-state index in [2.05, 4.69) is 10.1 Å². The maximum Gasteiger partial charge on any atom is 0.336 e. The van der Waals surface area contributed by atoms with Gasteiger partial charge in [-0.15, -0.1) is 0 Å². The van der Waals surface area contributed by atoms with Gasteiger partial charge in [0.25, 0.3) is 5.89 Å². The number of ether oxygens (including phenoxy) is 1. The molecule has 0 unspecified atom stereocenters. The molecule has 6 nitrogen and oxygen atoms in total. The SMILES string of the molecule is Cc1cc(=O)oc2cc(OCc3nc(-c4cccc(Cl)c4)no3)c(Cl)cc12. The summed E-state index contributed by atoms with van der Waals surface area (Å²) in [6.45, 7) is 1.82. The Labute approximate surface area is 163 Å². The summed E-state index contributed by atoms with van der Waals surface area (Å²) in [5.41, 5.74) is 1.47. The van der Waals surface area contributed by atoms with E-state index in [1.54, 1.807) is 30.3 Å². The molecule has 4 aromatic rings. The van der Waals surface area contributed by atoms with E-state index in [-0.39, 0.29) is 12.5 Å². The van der Waals surface area contributed by atoms with Crippen molar-refractivity contribution in [3.63, 3.8) is 0 Å². The van der Waals surface area contributed by atoms with Crippen molar-refractivity contribution in [2.45, 2.75) is 13.5 Å². The van der Waals surface area contributed by atoms with E-state index >= 15 is 0 Å². The van der Waals surface area contributed by atoms with Gasteiger partial charge in [0.2, 0.25) is 5.82 Å². The summed E-state index contributed by atoms with van der Waals surface area (Å²) in [4.78, 5) is 15.8.